The van der Waals surface area contributed by atoms with Gasteiger partial charge in [0.1, 0.15) is 5.82 Å². The molecule has 9 heteroatoms. The lowest BCUT2D eigenvalue weighted by atomic mass is 10.2. The van der Waals surface area contributed by atoms with Crippen molar-refractivity contribution in [3.05, 3.63) is 73.8 Å². The highest BCUT2D eigenvalue weighted by molar-refractivity contribution is 9.10. The third-order valence-corrected chi connectivity index (χ3v) is 4.68. The smallest absolute Gasteiger partial charge is 0.284 e. The zero-order valence-corrected chi connectivity index (χ0v) is 14.8. The van der Waals surface area contributed by atoms with Crippen molar-refractivity contribution < 1.29 is 14.1 Å². The number of rotatable bonds is 4. The van der Waals surface area contributed by atoms with Crippen LogP contribution in [-0.2, 0) is 0 Å². The first-order chi connectivity index (χ1) is 11.9. The van der Waals surface area contributed by atoms with Crippen LogP contribution in [0.1, 0.15) is 10.4 Å². The van der Waals surface area contributed by atoms with Gasteiger partial charge in [0, 0.05) is 22.6 Å². The molecule has 0 aliphatic heterocycles. The number of thiazole rings is 1. The summed E-state index contributed by atoms with van der Waals surface area (Å²) in [5.74, 6) is -0.894. The number of aromatic nitrogens is 1. The van der Waals surface area contributed by atoms with E-state index in [1.54, 1.807) is 17.5 Å². The second kappa shape index (κ2) is 7.08. The molecule has 0 saturated heterocycles. The van der Waals surface area contributed by atoms with Gasteiger partial charge in [0.2, 0.25) is 0 Å². The second-order valence-corrected chi connectivity index (χ2v) is 6.64. The van der Waals surface area contributed by atoms with E-state index in [-0.39, 0.29) is 21.5 Å². The minimum Gasteiger partial charge on any atom is -0.298 e. The number of hydrogen-bond acceptors (Lipinski definition) is 5. The van der Waals surface area contributed by atoms with Gasteiger partial charge in [-0.3, -0.25) is 20.2 Å². The molecule has 126 valence electrons. The molecule has 1 aromatic heterocycles. The second-order valence-electron chi connectivity index (χ2n) is 4.93. The standard InChI is InChI=1S/C16H9BrFN3O3S/c17-12-5-4-10(7-14(12)21(23)24)15(22)20-16-19-13(8-25-16)9-2-1-3-11(18)6-9/h1-8H,(H,19,20,22). The Morgan fingerprint density at radius 1 is 1.28 bits per heavy atom. The molecule has 1 heterocycles. The summed E-state index contributed by atoms with van der Waals surface area (Å²) in [6, 6.07) is 10.0. The highest BCUT2D eigenvalue weighted by atomic mass is 79.9. The summed E-state index contributed by atoms with van der Waals surface area (Å²) in [7, 11) is 0. The van der Waals surface area contributed by atoms with Crippen LogP contribution in [0.2, 0.25) is 0 Å². The molecule has 2 aromatic carbocycles. The van der Waals surface area contributed by atoms with Gasteiger partial charge >= 0.3 is 0 Å². The fraction of sp³-hybridized carbons (Fsp3) is 0. The molecule has 0 bridgehead atoms. The fourth-order valence-electron chi connectivity index (χ4n) is 2.07. The molecule has 0 atom stereocenters. The molecular weight excluding hydrogens is 413 g/mol. The zero-order valence-electron chi connectivity index (χ0n) is 12.4. The highest BCUT2D eigenvalue weighted by Crippen LogP contribution is 2.28. The van der Waals surface area contributed by atoms with Crippen molar-refractivity contribution in [2.75, 3.05) is 5.32 Å². The molecule has 1 amide bonds. The number of nitro benzene ring substituents is 1. The lowest BCUT2D eigenvalue weighted by Gasteiger charge is -2.03. The Balaban J connectivity index is 1.80. The van der Waals surface area contributed by atoms with E-state index in [0.29, 0.717) is 16.4 Å². The van der Waals surface area contributed by atoms with E-state index >= 15 is 0 Å². The number of carbonyl (C=O) groups excluding carboxylic acids is 1. The number of anilines is 1. The minimum absolute atomic E-state index is 0.136. The quantitative estimate of drug-likeness (QED) is 0.480. The van der Waals surface area contributed by atoms with Crippen LogP contribution in [0.3, 0.4) is 0 Å². The van der Waals surface area contributed by atoms with Crippen molar-refractivity contribution in [2.24, 2.45) is 0 Å². The molecule has 0 radical (unpaired) electrons. The number of nitrogens with zero attached hydrogens (tertiary/aromatic N) is 2. The molecule has 3 aromatic rings. The normalized spacial score (nSPS) is 10.5. The molecule has 0 spiro atoms. The summed E-state index contributed by atoms with van der Waals surface area (Å²) in [4.78, 5) is 26.9. The van der Waals surface area contributed by atoms with Crippen LogP contribution in [0.5, 0.6) is 0 Å². The van der Waals surface area contributed by atoms with Gasteiger partial charge in [-0.1, -0.05) is 12.1 Å². The SMILES string of the molecule is O=C(Nc1nc(-c2cccc(F)c2)cs1)c1ccc(Br)c([N+](=O)[O-])c1. The average Bonchev–Trinajstić information content (AvgIpc) is 3.03. The molecule has 0 unspecified atom stereocenters. The van der Waals surface area contributed by atoms with E-state index in [0.717, 1.165) is 0 Å². The molecule has 0 fully saturated rings. The Labute approximate surface area is 153 Å². The lowest BCUT2D eigenvalue weighted by Crippen LogP contribution is -2.12. The largest absolute Gasteiger partial charge is 0.298 e. The summed E-state index contributed by atoms with van der Waals surface area (Å²) in [6.45, 7) is 0. The lowest BCUT2D eigenvalue weighted by molar-refractivity contribution is -0.385. The summed E-state index contributed by atoms with van der Waals surface area (Å²) in [6.07, 6.45) is 0. The van der Waals surface area contributed by atoms with E-state index in [1.165, 1.54) is 41.7 Å². The first kappa shape index (κ1) is 17.2. The average molecular weight is 422 g/mol. The van der Waals surface area contributed by atoms with Crippen LogP contribution in [0.15, 0.2) is 52.3 Å². The van der Waals surface area contributed by atoms with E-state index < -0.39 is 10.8 Å². The van der Waals surface area contributed by atoms with Gasteiger partial charge < -0.3 is 0 Å². The highest BCUT2D eigenvalue weighted by Gasteiger charge is 2.17. The van der Waals surface area contributed by atoms with Gasteiger partial charge in [-0.2, -0.15) is 0 Å². The Morgan fingerprint density at radius 2 is 2.08 bits per heavy atom. The molecule has 0 aliphatic carbocycles. The predicted molar refractivity (Wildman–Crippen MR) is 96.3 cm³/mol. The maximum absolute atomic E-state index is 13.3. The van der Waals surface area contributed by atoms with Gasteiger partial charge in [0.05, 0.1) is 15.1 Å². The number of nitrogens with one attached hydrogen (secondary N) is 1. The van der Waals surface area contributed by atoms with Crippen LogP contribution in [0.4, 0.5) is 15.2 Å². The Kier molecular flexibility index (Phi) is 4.86. The first-order valence-corrected chi connectivity index (χ1v) is 8.58. The Hall–Kier alpha value is -2.65. The van der Waals surface area contributed by atoms with Gasteiger partial charge in [-0.05, 0) is 40.2 Å². The van der Waals surface area contributed by atoms with E-state index in [1.807, 2.05) is 0 Å². The molecule has 25 heavy (non-hydrogen) atoms. The van der Waals surface area contributed by atoms with E-state index in [2.05, 4.69) is 26.2 Å². The van der Waals surface area contributed by atoms with Gasteiger partial charge in [-0.25, -0.2) is 9.37 Å². The molecular formula is C16H9BrFN3O3S. The van der Waals surface area contributed by atoms with Gasteiger partial charge in [-0.15, -0.1) is 11.3 Å². The third kappa shape index (κ3) is 3.89. The fourth-order valence-corrected chi connectivity index (χ4v) is 3.18. The number of benzene rings is 2. The van der Waals surface area contributed by atoms with Crippen molar-refractivity contribution in [3.63, 3.8) is 0 Å². The molecule has 0 aliphatic rings. The van der Waals surface area contributed by atoms with E-state index in [4.69, 9.17) is 0 Å². The van der Waals surface area contributed by atoms with Crippen molar-refractivity contribution in [2.45, 2.75) is 0 Å². The molecule has 1 N–H and O–H groups in total. The van der Waals surface area contributed by atoms with E-state index in [9.17, 15) is 19.3 Å². The van der Waals surface area contributed by atoms with Crippen molar-refractivity contribution in [3.8, 4) is 11.3 Å². The Bertz CT molecular complexity index is 977. The van der Waals surface area contributed by atoms with Crippen molar-refractivity contribution in [1.29, 1.82) is 0 Å². The summed E-state index contributed by atoms with van der Waals surface area (Å²) < 4.78 is 13.6. The number of hydrogen-bond donors (Lipinski definition) is 1. The topological polar surface area (TPSA) is 85.1 Å². The number of carbonyl (C=O) groups is 1. The predicted octanol–water partition coefficient (Wildman–Crippen LogP) is 4.87. The van der Waals surface area contributed by atoms with Crippen molar-refractivity contribution >= 4 is 44.0 Å². The van der Waals surface area contributed by atoms with Crippen LogP contribution in [0.25, 0.3) is 11.3 Å². The maximum Gasteiger partial charge on any atom is 0.284 e. The van der Waals surface area contributed by atoms with Crippen LogP contribution < -0.4 is 5.32 Å². The zero-order chi connectivity index (χ0) is 18.0. The monoisotopic (exact) mass is 421 g/mol. The van der Waals surface area contributed by atoms with Gasteiger partial charge in [0.15, 0.2) is 5.13 Å². The molecule has 6 nitrogen and oxygen atoms in total. The summed E-state index contributed by atoms with van der Waals surface area (Å²) in [5, 5.41) is 15.5. The summed E-state index contributed by atoms with van der Waals surface area (Å²) in [5.41, 5.74) is 1.06. The van der Waals surface area contributed by atoms with Gasteiger partial charge in [0.25, 0.3) is 11.6 Å². The van der Waals surface area contributed by atoms with Crippen LogP contribution >= 0.6 is 27.3 Å². The molecule has 3 rings (SSSR count). The van der Waals surface area contributed by atoms with Crippen molar-refractivity contribution in [1.82, 2.24) is 4.98 Å². The number of amides is 1. The number of nitro groups is 1. The first-order valence-electron chi connectivity index (χ1n) is 6.91. The minimum atomic E-state index is -0.577. The van der Waals surface area contributed by atoms with Crippen LogP contribution in [-0.4, -0.2) is 15.8 Å². The number of halogens is 2. The molecule has 0 saturated carbocycles. The Morgan fingerprint density at radius 3 is 2.80 bits per heavy atom. The maximum atomic E-state index is 13.3. The summed E-state index contributed by atoms with van der Waals surface area (Å²) >= 11 is 4.25. The third-order valence-electron chi connectivity index (χ3n) is 3.25. The van der Waals surface area contributed by atoms with Crippen LogP contribution in [0, 0.1) is 15.9 Å².